The van der Waals surface area contributed by atoms with Crippen molar-refractivity contribution in [1.82, 2.24) is 29.8 Å². The maximum absolute atomic E-state index is 4.65. The quantitative estimate of drug-likeness (QED) is 0.610. The van der Waals surface area contributed by atoms with Gasteiger partial charge in [-0.1, -0.05) is 30.3 Å². The van der Waals surface area contributed by atoms with E-state index >= 15 is 0 Å². The van der Waals surface area contributed by atoms with E-state index in [0.29, 0.717) is 0 Å². The van der Waals surface area contributed by atoms with Gasteiger partial charge < -0.3 is 9.88 Å². The maximum Gasteiger partial charge on any atom is 0.200 e. The SMILES string of the molecule is Cc1nc2c([nH]1)CN(c1cc(-c3ccccc3)nn3cnnc13)CC2. The smallest absolute Gasteiger partial charge is 0.200 e. The summed E-state index contributed by atoms with van der Waals surface area (Å²) in [7, 11) is 0. The van der Waals surface area contributed by atoms with Gasteiger partial charge in [0, 0.05) is 18.5 Å². The molecule has 0 saturated carbocycles. The topological polar surface area (TPSA) is 75.0 Å². The lowest BCUT2D eigenvalue weighted by molar-refractivity contribution is 0.709. The highest BCUT2D eigenvalue weighted by Gasteiger charge is 2.23. The molecule has 4 heterocycles. The van der Waals surface area contributed by atoms with E-state index in [2.05, 4.69) is 48.4 Å². The molecule has 0 atom stereocenters. The third-order valence-corrected chi connectivity index (χ3v) is 4.61. The second-order valence-corrected chi connectivity index (χ2v) is 6.30. The van der Waals surface area contributed by atoms with Gasteiger partial charge in [-0.25, -0.2) is 4.98 Å². The van der Waals surface area contributed by atoms with Crippen LogP contribution in [0.5, 0.6) is 0 Å². The average molecular weight is 331 g/mol. The van der Waals surface area contributed by atoms with Crippen molar-refractivity contribution in [3.05, 3.63) is 59.9 Å². The molecule has 7 heteroatoms. The number of imidazole rings is 1. The van der Waals surface area contributed by atoms with Crippen LogP contribution >= 0.6 is 0 Å². The summed E-state index contributed by atoms with van der Waals surface area (Å²) in [6.07, 6.45) is 2.57. The Morgan fingerprint density at radius 1 is 1.16 bits per heavy atom. The van der Waals surface area contributed by atoms with Crippen LogP contribution < -0.4 is 4.90 Å². The average Bonchev–Trinajstić information content (AvgIpc) is 3.26. The summed E-state index contributed by atoms with van der Waals surface area (Å²) in [4.78, 5) is 10.3. The van der Waals surface area contributed by atoms with E-state index < -0.39 is 0 Å². The summed E-state index contributed by atoms with van der Waals surface area (Å²) in [6, 6.07) is 12.3. The van der Waals surface area contributed by atoms with Crippen molar-refractivity contribution < 1.29 is 0 Å². The molecule has 0 radical (unpaired) electrons. The molecule has 1 aliphatic rings. The number of H-pyrrole nitrogens is 1. The Morgan fingerprint density at radius 2 is 2.04 bits per heavy atom. The van der Waals surface area contributed by atoms with Crippen molar-refractivity contribution in [2.75, 3.05) is 11.4 Å². The van der Waals surface area contributed by atoms with Crippen LogP contribution in [0.1, 0.15) is 17.2 Å². The van der Waals surface area contributed by atoms with Gasteiger partial charge in [0.15, 0.2) is 0 Å². The number of anilines is 1. The molecule has 0 aliphatic carbocycles. The van der Waals surface area contributed by atoms with Gasteiger partial charge >= 0.3 is 0 Å². The van der Waals surface area contributed by atoms with Crippen molar-refractivity contribution in [2.24, 2.45) is 0 Å². The highest BCUT2D eigenvalue weighted by molar-refractivity contribution is 5.74. The Bertz CT molecular complexity index is 1050. The van der Waals surface area contributed by atoms with Crippen molar-refractivity contribution in [1.29, 1.82) is 0 Å². The van der Waals surface area contributed by atoms with E-state index in [4.69, 9.17) is 0 Å². The molecule has 5 rings (SSSR count). The molecule has 25 heavy (non-hydrogen) atoms. The predicted molar refractivity (Wildman–Crippen MR) is 94.3 cm³/mol. The Hall–Kier alpha value is -3.22. The molecule has 4 aromatic rings. The van der Waals surface area contributed by atoms with Crippen molar-refractivity contribution in [3.63, 3.8) is 0 Å². The number of aromatic nitrogens is 6. The molecule has 0 fully saturated rings. The van der Waals surface area contributed by atoms with E-state index in [1.165, 1.54) is 11.4 Å². The number of benzene rings is 1. The van der Waals surface area contributed by atoms with Crippen LogP contribution in [0.15, 0.2) is 42.7 Å². The van der Waals surface area contributed by atoms with Crippen LogP contribution in [0.3, 0.4) is 0 Å². The Morgan fingerprint density at radius 3 is 2.92 bits per heavy atom. The molecule has 0 saturated heterocycles. The third-order valence-electron chi connectivity index (χ3n) is 4.61. The molecule has 1 aromatic carbocycles. The van der Waals surface area contributed by atoms with Gasteiger partial charge in [-0.15, -0.1) is 10.2 Å². The second kappa shape index (κ2) is 5.41. The van der Waals surface area contributed by atoms with Crippen LogP contribution in [0.4, 0.5) is 5.69 Å². The number of nitrogens with one attached hydrogen (secondary N) is 1. The Balaban J connectivity index is 1.62. The van der Waals surface area contributed by atoms with Gasteiger partial charge in [0.2, 0.25) is 5.65 Å². The zero-order chi connectivity index (χ0) is 16.8. The van der Waals surface area contributed by atoms with Crippen LogP contribution in [-0.2, 0) is 13.0 Å². The van der Waals surface area contributed by atoms with Gasteiger partial charge in [-0.05, 0) is 13.0 Å². The molecular formula is C18H17N7. The van der Waals surface area contributed by atoms with Crippen LogP contribution in [0, 0.1) is 6.92 Å². The molecule has 124 valence electrons. The first-order valence-corrected chi connectivity index (χ1v) is 8.34. The van der Waals surface area contributed by atoms with Gasteiger partial charge in [-0.3, -0.25) is 0 Å². The number of hydrogen-bond donors (Lipinski definition) is 1. The van der Waals surface area contributed by atoms with E-state index in [0.717, 1.165) is 47.9 Å². The van der Waals surface area contributed by atoms with E-state index in [9.17, 15) is 0 Å². The minimum Gasteiger partial charge on any atom is -0.362 e. The first-order chi connectivity index (χ1) is 12.3. The maximum atomic E-state index is 4.65. The Labute approximate surface area is 144 Å². The second-order valence-electron chi connectivity index (χ2n) is 6.30. The fourth-order valence-electron chi connectivity index (χ4n) is 3.44. The highest BCUT2D eigenvalue weighted by atomic mass is 15.4. The fraction of sp³-hybridized carbons (Fsp3) is 0.222. The van der Waals surface area contributed by atoms with E-state index in [-0.39, 0.29) is 0 Å². The molecular weight excluding hydrogens is 314 g/mol. The number of nitrogens with zero attached hydrogens (tertiary/aromatic N) is 6. The normalized spacial score (nSPS) is 14.0. The van der Waals surface area contributed by atoms with Crippen molar-refractivity contribution >= 4 is 11.3 Å². The third kappa shape index (κ3) is 2.36. The van der Waals surface area contributed by atoms with Crippen LogP contribution in [0.2, 0.25) is 0 Å². The van der Waals surface area contributed by atoms with Crippen molar-refractivity contribution in [2.45, 2.75) is 19.9 Å². The predicted octanol–water partition coefficient (Wildman–Crippen LogP) is 2.39. The molecule has 0 spiro atoms. The van der Waals surface area contributed by atoms with E-state index in [1.807, 2.05) is 25.1 Å². The molecule has 0 bridgehead atoms. The van der Waals surface area contributed by atoms with Crippen LogP contribution in [0.25, 0.3) is 16.9 Å². The number of aryl methyl sites for hydroxylation is 1. The fourth-order valence-corrected chi connectivity index (χ4v) is 3.44. The summed E-state index contributed by atoms with van der Waals surface area (Å²) in [5.74, 6) is 0.971. The lowest BCUT2D eigenvalue weighted by Crippen LogP contribution is -2.31. The minimum atomic E-state index is 0.777. The monoisotopic (exact) mass is 331 g/mol. The minimum absolute atomic E-state index is 0.777. The lowest BCUT2D eigenvalue weighted by atomic mass is 10.1. The Kier molecular flexibility index (Phi) is 3.06. The van der Waals surface area contributed by atoms with E-state index in [1.54, 1.807) is 10.8 Å². The molecule has 7 nitrogen and oxygen atoms in total. The zero-order valence-corrected chi connectivity index (χ0v) is 13.8. The first kappa shape index (κ1) is 14.2. The number of fused-ring (bicyclic) bond motifs is 2. The standard InChI is InChI=1S/C18H17N7/c1-12-20-14-7-8-24(10-16(14)21-12)17-9-15(13-5-3-2-4-6-13)23-25-11-19-22-18(17)25/h2-6,9,11H,7-8,10H2,1H3,(H,20,21). The number of hydrogen-bond acceptors (Lipinski definition) is 5. The molecule has 1 aliphatic heterocycles. The van der Waals surface area contributed by atoms with Crippen LogP contribution in [-0.4, -0.2) is 36.3 Å². The lowest BCUT2D eigenvalue weighted by Gasteiger charge is -2.28. The molecule has 1 N–H and O–H groups in total. The summed E-state index contributed by atoms with van der Waals surface area (Å²) < 4.78 is 1.76. The molecule has 0 amide bonds. The molecule has 0 unspecified atom stereocenters. The first-order valence-electron chi connectivity index (χ1n) is 8.34. The summed E-state index contributed by atoms with van der Waals surface area (Å²) >= 11 is 0. The van der Waals surface area contributed by atoms with Crippen molar-refractivity contribution in [3.8, 4) is 11.3 Å². The highest BCUT2D eigenvalue weighted by Crippen LogP contribution is 2.29. The van der Waals surface area contributed by atoms with Gasteiger partial charge in [0.05, 0.1) is 29.3 Å². The summed E-state index contributed by atoms with van der Waals surface area (Å²) in [6.45, 7) is 3.69. The van der Waals surface area contributed by atoms with Gasteiger partial charge in [-0.2, -0.15) is 9.61 Å². The number of aromatic amines is 1. The summed E-state index contributed by atoms with van der Waals surface area (Å²) in [5, 5.41) is 13.0. The van der Waals surface area contributed by atoms with Gasteiger partial charge in [0.25, 0.3) is 0 Å². The largest absolute Gasteiger partial charge is 0.362 e. The number of rotatable bonds is 2. The summed E-state index contributed by atoms with van der Waals surface area (Å²) in [5.41, 5.74) is 6.16. The zero-order valence-electron chi connectivity index (χ0n) is 13.8. The van der Waals surface area contributed by atoms with Gasteiger partial charge in [0.1, 0.15) is 12.2 Å². The molecule has 3 aromatic heterocycles.